The molecule has 5 heteroatoms. The summed E-state index contributed by atoms with van der Waals surface area (Å²) < 4.78 is 5.38. The van der Waals surface area contributed by atoms with Crippen LogP contribution >= 0.6 is 0 Å². The van der Waals surface area contributed by atoms with E-state index < -0.39 is 0 Å². The maximum atomic E-state index is 9.57. The van der Waals surface area contributed by atoms with E-state index >= 15 is 0 Å². The lowest BCUT2D eigenvalue weighted by atomic mass is 10.2. The second-order valence-electron chi connectivity index (χ2n) is 5.02. The van der Waals surface area contributed by atoms with E-state index in [4.69, 9.17) is 4.74 Å². The summed E-state index contributed by atoms with van der Waals surface area (Å²) in [6.07, 6.45) is 0.609. The van der Waals surface area contributed by atoms with E-state index in [0.29, 0.717) is 39.1 Å². The third-order valence-electron chi connectivity index (χ3n) is 2.34. The molecule has 104 valence electrons. The smallest absolute Gasteiger partial charge is 0.0688 e. The Morgan fingerprint density at radius 3 is 1.47 bits per heavy atom. The molecule has 0 bridgehead atoms. The quantitative estimate of drug-likeness (QED) is 0.517. The zero-order valence-electron chi connectivity index (χ0n) is 11.6. The molecule has 0 radical (unpaired) electrons. The van der Waals surface area contributed by atoms with Gasteiger partial charge in [0.15, 0.2) is 0 Å². The predicted octanol–water partition coefficient (Wildman–Crippen LogP) is -0.372. The summed E-state index contributed by atoms with van der Waals surface area (Å²) in [4.78, 5) is 3.90. The maximum absolute atomic E-state index is 9.57. The van der Waals surface area contributed by atoms with Gasteiger partial charge in [0.2, 0.25) is 0 Å². The second kappa shape index (κ2) is 9.79. The number of nitrogens with zero attached hydrogens (tertiary/aromatic N) is 2. The highest BCUT2D eigenvalue weighted by atomic mass is 16.5. The van der Waals surface area contributed by atoms with Crippen LogP contribution in [0.2, 0.25) is 0 Å². The Morgan fingerprint density at radius 1 is 0.824 bits per heavy atom. The monoisotopic (exact) mass is 248 g/mol. The van der Waals surface area contributed by atoms with Gasteiger partial charge in [-0.3, -0.25) is 0 Å². The summed E-state index contributed by atoms with van der Waals surface area (Å²) in [7, 11) is 7.73. The topological polar surface area (TPSA) is 56.2 Å². The van der Waals surface area contributed by atoms with Crippen LogP contribution in [0.15, 0.2) is 0 Å². The normalized spacial score (nSPS) is 15.5. The van der Waals surface area contributed by atoms with Crippen LogP contribution in [0.3, 0.4) is 0 Å². The van der Waals surface area contributed by atoms with Crippen molar-refractivity contribution in [2.75, 3.05) is 54.5 Å². The Bertz CT molecular complexity index is 159. The van der Waals surface area contributed by atoms with E-state index in [1.165, 1.54) is 0 Å². The zero-order valence-corrected chi connectivity index (χ0v) is 11.6. The van der Waals surface area contributed by atoms with Crippen LogP contribution in [0.4, 0.5) is 0 Å². The van der Waals surface area contributed by atoms with Crippen molar-refractivity contribution in [3.63, 3.8) is 0 Å². The van der Waals surface area contributed by atoms with E-state index in [0.717, 1.165) is 0 Å². The number of aliphatic hydroxyl groups is 2. The fraction of sp³-hybridized carbons (Fsp3) is 1.00. The number of hydrogen-bond acceptors (Lipinski definition) is 5. The molecule has 2 atom stereocenters. The van der Waals surface area contributed by atoms with Gasteiger partial charge in [-0.05, 0) is 41.0 Å². The van der Waals surface area contributed by atoms with Crippen molar-refractivity contribution in [3.05, 3.63) is 0 Å². The molecule has 0 saturated carbocycles. The lowest BCUT2D eigenvalue weighted by Crippen LogP contribution is -2.28. The minimum atomic E-state index is -0.336. The molecule has 0 aliphatic carbocycles. The Morgan fingerprint density at radius 2 is 1.18 bits per heavy atom. The molecule has 0 aliphatic heterocycles. The lowest BCUT2D eigenvalue weighted by molar-refractivity contribution is 0.0449. The zero-order chi connectivity index (χ0) is 13.3. The Hall–Kier alpha value is -0.200. The van der Waals surface area contributed by atoms with Crippen molar-refractivity contribution in [3.8, 4) is 0 Å². The third-order valence-corrected chi connectivity index (χ3v) is 2.34. The van der Waals surface area contributed by atoms with Crippen LogP contribution in [0.25, 0.3) is 0 Å². The Labute approximate surface area is 105 Å². The van der Waals surface area contributed by atoms with Crippen LogP contribution in [0.5, 0.6) is 0 Å². The molecule has 0 spiro atoms. The van der Waals surface area contributed by atoms with Gasteiger partial charge in [0.05, 0.1) is 12.2 Å². The molecule has 2 unspecified atom stereocenters. The van der Waals surface area contributed by atoms with Crippen molar-refractivity contribution in [1.29, 1.82) is 0 Å². The van der Waals surface area contributed by atoms with Crippen LogP contribution in [0.1, 0.15) is 12.8 Å². The minimum absolute atomic E-state index is 0.336. The highest BCUT2D eigenvalue weighted by Gasteiger charge is 2.07. The van der Waals surface area contributed by atoms with E-state index in [1.54, 1.807) is 0 Å². The average Bonchev–Trinajstić information content (AvgIpc) is 2.14. The van der Waals surface area contributed by atoms with Gasteiger partial charge in [0.25, 0.3) is 0 Å². The second-order valence-corrected chi connectivity index (χ2v) is 5.02. The van der Waals surface area contributed by atoms with Crippen LogP contribution in [-0.4, -0.2) is 86.7 Å². The standard InChI is InChI=1S/C12H28N2O3/c1-13(2)9-11(15)5-7-17-8-6-12(16)10-14(3)4/h11-12,15-16H,5-10H2,1-4H3. The number of likely N-dealkylation sites (N-methyl/N-ethyl adjacent to an activating group) is 2. The third kappa shape index (κ3) is 12.1. The van der Waals surface area contributed by atoms with Gasteiger partial charge in [0.1, 0.15) is 0 Å². The summed E-state index contributed by atoms with van der Waals surface area (Å²) in [5.41, 5.74) is 0. The first kappa shape index (κ1) is 16.8. The fourth-order valence-corrected chi connectivity index (χ4v) is 1.57. The summed E-state index contributed by atoms with van der Waals surface area (Å²) in [6, 6.07) is 0. The Kier molecular flexibility index (Phi) is 9.68. The molecule has 0 fully saturated rings. The van der Waals surface area contributed by atoms with Crippen LogP contribution < -0.4 is 0 Å². The predicted molar refractivity (Wildman–Crippen MR) is 69.2 cm³/mol. The summed E-state index contributed by atoms with van der Waals surface area (Å²) in [6.45, 7) is 2.41. The molecule has 2 N–H and O–H groups in total. The summed E-state index contributed by atoms with van der Waals surface area (Å²) in [5.74, 6) is 0. The van der Waals surface area contributed by atoms with Gasteiger partial charge in [-0.1, -0.05) is 0 Å². The first-order valence-corrected chi connectivity index (χ1v) is 6.15. The lowest BCUT2D eigenvalue weighted by Gasteiger charge is -2.17. The number of aliphatic hydroxyl groups excluding tert-OH is 2. The molecule has 0 heterocycles. The fourth-order valence-electron chi connectivity index (χ4n) is 1.57. The van der Waals surface area contributed by atoms with Crippen molar-refractivity contribution in [1.82, 2.24) is 9.80 Å². The largest absolute Gasteiger partial charge is 0.392 e. The number of rotatable bonds is 10. The van der Waals surface area contributed by atoms with Gasteiger partial charge in [0, 0.05) is 26.3 Å². The highest BCUT2D eigenvalue weighted by molar-refractivity contribution is 4.60. The van der Waals surface area contributed by atoms with E-state index in [-0.39, 0.29) is 12.2 Å². The highest BCUT2D eigenvalue weighted by Crippen LogP contribution is 1.97. The van der Waals surface area contributed by atoms with Crippen LogP contribution in [-0.2, 0) is 4.74 Å². The van der Waals surface area contributed by atoms with Crippen molar-refractivity contribution >= 4 is 0 Å². The number of ether oxygens (including phenoxy) is 1. The van der Waals surface area contributed by atoms with E-state index in [1.807, 2.05) is 38.0 Å². The van der Waals surface area contributed by atoms with E-state index in [9.17, 15) is 10.2 Å². The first-order chi connectivity index (χ1) is 7.91. The van der Waals surface area contributed by atoms with Gasteiger partial charge >= 0.3 is 0 Å². The molecule has 0 rings (SSSR count). The SMILES string of the molecule is CN(C)CC(O)CCOCCC(O)CN(C)C. The molecule has 0 aromatic rings. The molecule has 0 saturated heterocycles. The van der Waals surface area contributed by atoms with Gasteiger partial charge < -0.3 is 24.7 Å². The molecule has 17 heavy (non-hydrogen) atoms. The van der Waals surface area contributed by atoms with Gasteiger partial charge in [-0.15, -0.1) is 0 Å². The average molecular weight is 248 g/mol. The first-order valence-electron chi connectivity index (χ1n) is 6.15. The molecular formula is C12H28N2O3. The van der Waals surface area contributed by atoms with Gasteiger partial charge in [-0.2, -0.15) is 0 Å². The van der Waals surface area contributed by atoms with Crippen LogP contribution in [0, 0.1) is 0 Å². The van der Waals surface area contributed by atoms with Crippen molar-refractivity contribution in [2.24, 2.45) is 0 Å². The van der Waals surface area contributed by atoms with Crippen molar-refractivity contribution in [2.45, 2.75) is 25.0 Å². The molecule has 0 aromatic heterocycles. The van der Waals surface area contributed by atoms with Crippen molar-refractivity contribution < 1.29 is 14.9 Å². The maximum Gasteiger partial charge on any atom is 0.0688 e. The summed E-state index contributed by atoms with van der Waals surface area (Å²) >= 11 is 0. The number of hydrogen-bond donors (Lipinski definition) is 2. The molecule has 0 aliphatic rings. The molecule has 0 aromatic carbocycles. The minimum Gasteiger partial charge on any atom is -0.392 e. The molecule has 5 nitrogen and oxygen atoms in total. The Balaban J connectivity index is 3.34. The summed E-state index contributed by atoms with van der Waals surface area (Å²) in [5, 5.41) is 19.1. The van der Waals surface area contributed by atoms with Gasteiger partial charge in [-0.25, -0.2) is 0 Å². The van der Waals surface area contributed by atoms with E-state index in [2.05, 4.69) is 0 Å². The molecular weight excluding hydrogens is 220 g/mol. The molecule has 0 amide bonds.